The normalized spacial score (nSPS) is 41.6. The number of benzene rings is 2. The van der Waals surface area contributed by atoms with E-state index < -0.39 is 25.9 Å². The molecule has 8 rings (SSSR count). The van der Waals surface area contributed by atoms with Crippen molar-refractivity contribution >= 4 is 20.1 Å². The number of ether oxygens (including phenoxy) is 1. The van der Waals surface area contributed by atoms with Gasteiger partial charge in [0.05, 0.1) is 22.0 Å². The van der Waals surface area contributed by atoms with E-state index in [0.717, 1.165) is 62.5 Å². The Morgan fingerprint density at radius 1 is 0.820 bits per heavy atom. The summed E-state index contributed by atoms with van der Waals surface area (Å²) in [6.45, 7) is 13.8. The third-order valence-corrected chi connectivity index (χ3v) is 18.1. The molecular formula is C41H55NO6S2. The molecule has 9 heteroatoms. The third kappa shape index (κ3) is 5.26. The fourth-order valence-electron chi connectivity index (χ4n) is 12.2. The van der Waals surface area contributed by atoms with Gasteiger partial charge in [-0.3, -0.25) is 4.18 Å². The molecule has 4 aliphatic carbocycles. The quantitative estimate of drug-likeness (QED) is 0.228. The van der Waals surface area contributed by atoms with Crippen LogP contribution in [0.2, 0.25) is 0 Å². The molecule has 0 N–H and O–H groups in total. The molecule has 0 bridgehead atoms. The van der Waals surface area contributed by atoms with Gasteiger partial charge < -0.3 is 4.74 Å². The predicted octanol–water partition coefficient (Wildman–Crippen LogP) is 8.42. The molecule has 0 radical (unpaired) electrons. The van der Waals surface area contributed by atoms with Crippen LogP contribution in [0, 0.1) is 60.2 Å². The van der Waals surface area contributed by atoms with Gasteiger partial charge in [0.25, 0.3) is 10.1 Å². The number of piperidine rings is 1. The molecule has 0 unspecified atom stereocenters. The Bertz CT molecular complexity index is 1890. The van der Waals surface area contributed by atoms with Crippen molar-refractivity contribution in [3.63, 3.8) is 0 Å². The highest BCUT2D eigenvalue weighted by Crippen LogP contribution is 2.71. The van der Waals surface area contributed by atoms with Crippen LogP contribution >= 0.6 is 0 Å². The van der Waals surface area contributed by atoms with Gasteiger partial charge in [0, 0.05) is 12.5 Å². The average molecular weight is 722 g/mol. The van der Waals surface area contributed by atoms with Crippen molar-refractivity contribution in [2.75, 3.05) is 6.54 Å². The van der Waals surface area contributed by atoms with Crippen LogP contribution in [0.5, 0.6) is 0 Å². The zero-order valence-corrected chi connectivity index (χ0v) is 32.2. The van der Waals surface area contributed by atoms with E-state index in [-0.39, 0.29) is 39.8 Å². The second-order valence-electron chi connectivity index (χ2n) is 17.6. The van der Waals surface area contributed by atoms with Crippen LogP contribution in [0.1, 0.15) is 96.6 Å². The first-order valence-corrected chi connectivity index (χ1v) is 21.9. The number of nitrogens with zero attached hydrogens (tertiary/aromatic N) is 1. The first kappa shape index (κ1) is 35.0. The van der Waals surface area contributed by atoms with Gasteiger partial charge >= 0.3 is 0 Å². The highest BCUT2D eigenvalue weighted by atomic mass is 32.2. The first-order chi connectivity index (χ1) is 23.6. The van der Waals surface area contributed by atoms with Crippen molar-refractivity contribution < 1.29 is 25.8 Å². The molecule has 3 saturated carbocycles. The number of allylic oxidation sites excluding steroid dienone is 1. The molecule has 2 saturated heterocycles. The molecule has 0 aromatic heterocycles. The van der Waals surface area contributed by atoms with Gasteiger partial charge in [0.1, 0.15) is 5.72 Å². The number of aryl methyl sites for hydroxylation is 2. The summed E-state index contributed by atoms with van der Waals surface area (Å²) < 4.78 is 70.0. The third-order valence-electron chi connectivity index (χ3n) is 14.8. The molecular weight excluding hydrogens is 667 g/mol. The number of fused-ring (bicyclic) bond motifs is 7. The summed E-state index contributed by atoms with van der Waals surface area (Å²) in [5.41, 5.74) is 2.77. The molecule has 50 heavy (non-hydrogen) atoms. The van der Waals surface area contributed by atoms with Crippen LogP contribution in [0.15, 0.2) is 70.0 Å². The maximum Gasteiger partial charge on any atom is 0.297 e. The monoisotopic (exact) mass is 721 g/mol. The SMILES string of the molecule is Cc1ccc(S(=O)(=O)O[C@@H]2CC[C@@]3(C)C(=CC[C@H]4[C@H]3CC[C@]3(C)[C@H]5[C@H](C[C@@H]43)O[C@]3(CC[C@H](C)CN3S(=O)(=O)c3ccc(C)cc3)[C@H]5C)C2)cc1. The minimum Gasteiger partial charge on any atom is -0.356 e. The van der Waals surface area contributed by atoms with Gasteiger partial charge in [0.15, 0.2) is 0 Å². The Morgan fingerprint density at radius 3 is 2.16 bits per heavy atom. The van der Waals surface area contributed by atoms with Crippen LogP contribution in [-0.2, 0) is 29.1 Å². The molecule has 11 atom stereocenters. The lowest BCUT2D eigenvalue weighted by atomic mass is 9.47. The van der Waals surface area contributed by atoms with E-state index in [1.165, 1.54) is 5.57 Å². The van der Waals surface area contributed by atoms with Gasteiger partial charge in [-0.25, -0.2) is 8.42 Å². The Labute approximate surface area is 300 Å². The second-order valence-corrected chi connectivity index (χ2v) is 21.0. The highest BCUT2D eigenvalue weighted by molar-refractivity contribution is 7.89. The minimum atomic E-state index is -3.82. The molecule has 2 heterocycles. The molecule has 6 aliphatic rings. The summed E-state index contributed by atoms with van der Waals surface area (Å²) in [4.78, 5) is 0.587. The lowest BCUT2D eigenvalue weighted by Crippen LogP contribution is -2.60. The molecule has 0 amide bonds. The Kier molecular flexibility index (Phi) is 8.40. The van der Waals surface area contributed by atoms with Crippen LogP contribution in [0.4, 0.5) is 0 Å². The van der Waals surface area contributed by atoms with E-state index in [1.807, 2.05) is 38.1 Å². The lowest BCUT2D eigenvalue weighted by Gasteiger charge is -2.59. The van der Waals surface area contributed by atoms with Gasteiger partial charge in [-0.15, -0.1) is 0 Å². The Hall–Kier alpha value is -2.04. The Morgan fingerprint density at radius 2 is 1.48 bits per heavy atom. The van der Waals surface area contributed by atoms with E-state index in [4.69, 9.17) is 8.92 Å². The Balaban J connectivity index is 1.03. The van der Waals surface area contributed by atoms with E-state index in [2.05, 4.69) is 33.8 Å². The summed E-state index contributed by atoms with van der Waals surface area (Å²) in [7, 11) is -7.56. The molecule has 2 aromatic rings. The maximum absolute atomic E-state index is 14.4. The number of hydrogen-bond acceptors (Lipinski definition) is 6. The largest absolute Gasteiger partial charge is 0.356 e. The topological polar surface area (TPSA) is 90.0 Å². The highest BCUT2D eigenvalue weighted by Gasteiger charge is 2.70. The summed E-state index contributed by atoms with van der Waals surface area (Å²) in [6.07, 6.45) is 10.5. The molecule has 2 aliphatic heterocycles. The number of rotatable bonds is 5. The maximum atomic E-state index is 14.4. The van der Waals surface area contributed by atoms with Gasteiger partial charge in [-0.2, -0.15) is 12.7 Å². The molecule has 7 nitrogen and oxygen atoms in total. The molecule has 272 valence electrons. The van der Waals surface area contributed by atoms with Crippen LogP contribution < -0.4 is 0 Å². The smallest absolute Gasteiger partial charge is 0.297 e. The van der Waals surface area contributed by atoms with Crippen LogP contribution in [0.3, 0.4) is 0 Å². The lowest BCUT2D eigenvalue weighted by molar-refractivity contribution is -0.161. The van der Waals surface area contributed by atoms with Crippen molar-refractivity contribution in [3.8, 4) is 0 Å². The second kappa shape index (κ2) is 12.0. The number of hydrogen-bond donors (Lipinski definition) is 0. The van der Waals surface area contributed by atoms with Crippen LogP contribution in [0.25, 0.3) is 0 Å². The molecule has 2 aromatic carbocycles. The van der Waals surface area contributed by atoms with Gasteiger partial charge in [-0.1, -0.05) is 74.7 Å². The van der Waals surface area contributed by atoms with E-state index in [1.54, 1.807) is 28.6 Å². The first-order valence-electron chi connectivity index (χ1n) is 19.1. The predicted molar refractivity (Wildman–Crippen MR) is 194 cm³/mol. The fraction of sp³-hybridized carbons (Fsp3) is 0.659. The number of sulfonamides is 1. The van der Waals surface area contributed by atoms with Gasteiger partial charge in [-0.05, 0) is 136 Å². The van der Waals surface area contributed by atoms with E-state index in [9.17, 15) is 16.8 Å². The van der Waals surface area contributed by atoms with Gasteiger partial charge in [0.2, 0.25) is 10.0 Å². The van der Waals surface area contributed by atoms with Crippen molar-refractivity contribution in [1.29, 1.82) is 0 Å². The average Bonchev–Trinajstić information content (AvgIpc) is 3.52. The zero-order chi connectivity index (χ0) is 35.4. The van der Waals surface area contributed by atoms with Crippen molar-refractivity contribution in [1.82, 2.24) is 4.31 Å². The van der Waals surface area contributed by atoms with Crippen molar-refractivity contribution in [3.05, 3.63) is 71.3 Å². The molecule has 1 spiro atoms. The zero-order valence-electron chi connectivity index (χ0n) is 30.6. The standard InChI is InChI=1S/C41H55NO6S2/c1-26-7-12-32(13-8-26)49(43,44)42-25-28(3)17-22-41(42)29(4)38-37(47-41)24-36-34-16-11-30-23-31(48-50(45,46)33-14-9-27(2)10-15-33)18-20-39(30,5)35(34)19-21-40(36,38)6/h7-15,28-29,31,34-38H,16-25H2,1-6H3/t28-,29-,31+,34-,35+,36-,37-,38+,39-,40-,41+/m0/s1. The summed E-state index contributed by atoms with van der Waals surface area (Å²) >= 11 is 0. The summed E-state index contributed by atoms with van der Waals surface area (Å²) in [5.74, 6) is 2.31. The van der Waals surface area contributed by atoms with Crippen LogP contribution in [-0.4, -0.2) is 45.6 Å². The molecule has 5 fully saturated rings. The van der Waals surface area contributed by atoms with Crippen molar-refractivity contribution in [2.45, 2.75) is 127 Å². The van der Waals surface area contributed by atoms with E-state index >= 15 is 0 Å². The fourth-order valence-corrected chi connectivity index (χ4v) is 15.2. The van der Waals surface area contributed by atoms with Crippen molar-refractivity contribution in [2.24, 2.45) is 46.3 Å². The van der Waals surface area contributed by atoms with E-state index in [0.29, 0.717) is 41.5 Å². The summed E-state index contributed by atoms with van der Waals surface area (Å²) in [5, 5.41) is 0. The minimum absolute atomic E-state index is 0.0432. The summed E-state index contributed by atoms with van der Waals surface area (Å²) in [6, 6.07) is 14.2.